The first-order chi connectivity index (χ1) is 10.7. The summed E-state index contributed by atoms with van der Waals surface area (Å²) < 4.78 is 38.9. The van der Waals surface area contributed by atoms with E-state index in [9.17, 15) is 23.3 Å². The minimum atomic E-state index is -4.79. The maximum atomic E-state index is 13.0. The van der Waals surface area contributed by atoms with Gasteiger partial charge >= 0.3 is 6.18 Å². The van der Waals surface area contributed by atoms with E-state index in [1.807, 2.05) is 6.92 Å². The molecule has 0 bridgehead atoms. The first-order valence-corrected chi connectivity index (χ1v) is 7.60. The second-order valence-corrected chi connectivity index (χ2v) is 6.02. The molecule has 0 saturated carbocycles. The van der Waals surface area contributed by atoms with Crippen LogP contribution in [-0.4, -0.2) is 9.91 Å². The molecule has 23 heavy (non-hydrogen) atoms. The van der Waals surface area contributed by atoms with Gasteiger partial charge < -0.3 is 5.32 Å². The Bertz CT molecular complexity index is 716. The molecule has 0 radical (unpaired) electrons. The Morgan fingerprint density at radius 3 is 2.65 bits per heavy atom. The SMILES string of the molecule is CCc1cnc(C(C)Nc2ccc([N+](=O)[O-])c(C(F)(F)F)c2)s1. The van der Waals surface area contributed by atoms with Crippen molar-refractivity contribution in [2.75, 3.05) is 5.32 Å². The van der Waals surface area contributed by atoms with Gasteiger partial charge in [-0.1, -0.05) is 6.92 Å². The highest BCUT2D eigenvalue weighted by molar-refractivity contribution is 7.11. The lowest BCUT2D eigenvalue weighted by atomic mass is 10.1. The van der Waals surface area contributed by atoms with E-state index in [1.165, 1.54) is 17.4 Å². The Morgan fingerprint density at radius 1 is 1.43 bits per heavy atom. The van der Waals surface area contributed by atoms with Gasteiger partial charge in [-0.05, 0) is 25.5 Å². The number of nitro groups is 1. The lowest BCUT2D eigenvalue weighted by molar-refractivity contribution is -0.388. The van der Waals surface area contributed by atoms with E-state index in [-0.39, 0.29) is 11.7 Å². The van der Waals surface area contributed by atoms with Crippen LogP contribution in [0.4, 0.5) is 24.5 Å². The number of nitro benzene ring substituents is 1. The molecule has 0 amide bonds. The molecule has 1 atom stereocenters. The van der Waals surface area contributed by atoms with Crippen molar-refractivity contribution in [3.63, 3.8) is 0 Å². The number of hydrogen-bond acceptors (Lipinski definition) is 5. The molecular weight excluding hydrogens is 331 g/mol. The van der Waals surface area contributed by atoms with Gasteiger partial charge in [-0.25, -0.2) is 4.98 Å². The fourth-order valence-electron chi connectivity index (χ4n) is 2.01. The molecule has 0 aliphatic rings. The zero-order chi connectivity index (χ0) is 17.2. The van der Waals surface area contributed by atoms with Gasteiger partial charge in [0.25, 0.3) is 5.69 Å². The Kier molecular flexibility index (Phi) is 4.88. The summed E-state index contributed by atoms with van der Waals surface area (Å²) in [6.07, 6.45) is -2.23. The van der Waals surface area contributed by atoms with Crippen LogP contribution in [0.3, 0.4) is 0 Å². The summed E-state index contributed by atoms with van der Waals surface area (Å²) >= 11 is 1.47. The van der Waals surface area contributed by atoms with Crippen LogP contribution in [0, 0.1) is 10.1 Å². The second kappa shape index (κ2) is 6.53. The Morgan fingerprint density at radius 2 is 2.13 bits per heavy atom. The smallest absolute Gasteiger partial charge is 0.376 e. The van der Waals surface area contributed by atoms with Crippen molar-refractivity contribution >= 4 is 22.7 Å². The molecule has 1 unspecified atom stereocenters. The summed E-state index contributed by atoms with van der Waals surface area (Å²) in [5.41, 5.74) is -2.07. The predicted molar refractivity (Wildman–Crippen MR) is 81.6 cm³/mol. The normalized spacial score (nSPS) is 12.9. The van der Waals surface area contributed by atoms with E-state index in [1.54, 1.807) is 13.1 Å². The van der Waals surface area contributed by atoms with Crippen LogP contribution < -0.4 is 5.32 Å². The minimum Gasteiger partial charge on any atom is -0.376 e. The van der Waals surface area contributed by atoms with Gasteiger partial charge in [-0.15, -0.1) is 11.3 Å². The van der Waals surface area contributed by atoms with Crippen molar-refractivity contribution in [3.8, 4) is 0 Å². The lowest BCUT2D eigenvalue weighted by Crippen LogP contribution is -2.11. The quantitative estimate of drug-likeness (QED) is 0.624. The number of aromatic nitrogens is 1. The third-order valence-electron chi connectivity index (χ3n) is 3.17. The van der Waals surface area contributed by atoms with E-state index in [4.69, 9.17) is 0 Å². The van der Waals surface area contributed by atoms with Crippen LogP contribution in [0.5, 0.6) is 0 Å². The molecule has 2 aromatic rings. The maximum Gasteiger partial charge on any atom is 0.423 e. The van der Waals surface area contributed by atoms with Crippen molar-refractivity contribution in [2.45, 2.75) is 32.5 Å². The molecule has 0 aliphatic carbocycles. The monoisotopic (exact) mass is 345 g/mol. The average Bonchev–Trinajstić information content (AvgIpc) is 2.95. The topological polar surface area (TPSA) is 68.1 Å². The van der Waals surface area contributed by atoms with Crippen LogP contribution in [0.1, 0.15) is 35.3 Å². The molecule has 1 aromatic heterocycles. The third kappa shape index (κ3) is 3.98. The zero-order valence-corrected chi connectivity index (χ0v) is 13.2. The number of anilines is 1. The van der Waals surface area contributed by atoms with Crippen molar-refractivity contribution < 1.29 is 18.1 Å². The van der Waals surface area contributed by atoms with E-state index in [2.05, 4.69) is 10.3 Å². The third-order valence-corrected chi connectivity index (χ3v) is 4.50. The molecule has 9 heteroatoms. The van der Waals surface area contributed by atoms with Crippen LogP contribution in [-0.2, 0) is 12.6 Å². The highest BCUT2D eigenvalue weighted by Crippen LogP contribution is 2.38. The highest BCUT2D eigenvalue weighted by atomic mass is 32.1. The molecule has 1 N–H and O–H groups in total. The molecule has 2 rings (SSSR count). The summed E-state index contributed by atoms with van der Waals surface area (Å²) in [4.78, 5) is 15.0. The lowest BCUT2D eigenvalue weighted by Gasteiger charge is -2.15. The van der Waals surface area contributed by atoms with Gasteiger partial charge in [0.05, 0.1) is 11.0 Å². The van der Waals surface area contributed by atoms with E-state index in [0.717, 1.165) is 28.4 Å². The second-order valence-electron chi connectivity index (χ2n) is 4.87. The number of nitrogens with zero attached hydrogens (tertiary/aromatic N) is 2. The molecule has 0 fully saturated rings. The molecule has 1 aromatic carbocycles. The van der Waals surface area contributed by atoms with E-state index in [0.29, 0.717) is 0 Å². The predicted octanol–water partition coefficient (Wildman–Crippen LogP) is 4.81. The summed E-state index contributed by atoms with van der Waals surface area (Å²) in [7, 11) is 0. The number of aryl methyl sites for hydroxylation is 1. The van der Waals surface area contributed by atoms with Crippen LogP contribution in [0.15, 0.2) is 24.4 Å². The standard InChI is InChI=1S/C14H14F3N3O2S/c1-3-10-7-18-13(23-10)8(2)19-9-4-5-12(20(21)22)11(6-9)14(15,16)17/h4-8,19H,3H2,1-2H3. The first-order valence-electron chi connectivity index (χ1n) is 6.79. The number of rotatable bonds is 5. The molecule has 5 nitrogen and oxygen atoms in total. The number of hydrogen-bond donors (Lipinski definition) is 1. The fraction of sp³-hybridized carbons (Fsp3) is 0.357. The van der Waals surface area contributed by atoms with Crippen molar-refractivity contribution in [2.24, 2.45) is 0 Å². The number of nitrogens with one attached hydrogen (secondary N) is 1. The van der Waals surface area contributed by atoms with Gasteiger partial charge in [0.2, 0.25) is 0 Å². The number of thiazole rings is 1. The number of alkyl halides is 3. The Balaban J connectivity index is 2.28. The summed E-state index contributed by atoms with van der Waals surface area (Å²) in [6.45, 7) is 3.76. The van der Waals surface area contributed by atoms with Gasteiger partial charge in [0, 0.05) is 22.8 Å². The minimum absolute atomic E-state index is 0.156. The molecule has 0 aliphatic heterocycles. The molecule has 0 spiro atoms. The largest absolute Gasteiger partial charge is 0.423 e. The van der Waals surface area contributed by atoms with Gasteiger partial charge in [0.15, 0.2) is 0 Å². The van der Waals surface area contributed by atoms with Crippen LogP contribution >= 0.6 is 11.3 Å². The molecular formula is C14H14F3N3O2S. The number of halogens is 3. The molecule has 1 heterocycles. The Labute approximate surface area is 134 Å². The fourth-order valence-corrected chi connectivity index (χ4v) is 2.87. The highest BCUT2D eigenvalue weighted by Gasteiger charge is 2.38. The maximum absolute atomic E-state index is 13.0. The summed E-state index contributed by atoms with van der Waals surface area (Å²) in [5, 5.41) is 14.4. The van der Waals surface area contributed by atoms with Gasteiger partial charge in [-0.2, -0.15) is 13.2 Å². The summed E-state index contributed by atoms with van der Waals surface area (Å²) in [5.74, 6) is 0. The average molecular weight is 345 g/mol. The van der Waals surface area contributed by atoms with E-state index < -0.39 is 22.4 Å². The van der Waals surface area contributed by atoms with Crippen molar-refractivity contribution in [1.29, 1.82) is 0 Å². The summed E-state index contributed by atoms with van der Waals surface area (Å²) in [6, 6.07) is 2.57. The van der Waals surface area contributed by atoms with Crippen molar-refractivity contribution in [3.05, 3.63) is 50.0 Å². The van der Waals surface area contributed by atoms with E-state index >= 15 is 0 Å². The first kappa shape index (κ1) is 17.2. The van der Waals surface area contributed by atoms with Crippen molar-refractivity contribution in [1.82, 2.24) is 4.98 Å². The molecule has 124 valence electrons. The van der Waals surface area contributed by atoms with Crippen LogP contribution in [0.25, 0.3) is 0 Å². The zero-order valence-electron chi connectivity index (χ0n) is 12.3. The Hall–Kier alpha value is -2.16. The molecule has 0 saturated heterocycles. The van der Waals surface area contributed by atoms with Crippen LogP contribution in [0.2, 0.25) is 0 Å². The number of benzene rings is 1. The van der Waals surface area contributed by atoms with Gasteiger partial charge in [-0.3, -0.25) is 10.1 Å². The van der Waals surface area contributed by atoms with Gasteiger partial charge in [0.1, 0.15) is 10.6 Å².